The molecule has 0 radical (unpaired) electrons. The van der Waals surface area contributed by atoms with Gasteiger partial charge in [0.2, 0.25) is 0 Å². The average molecular weight is 274 g/mol. The van der Waals surface area contributed by atoms with Gasteiger partial charge in [0.15, 0.2) is 0 Å². The van der Waals surface area contributed by atoms with Crippen LogP contribution in [0, 0.1) is 5.92 Å². The van der Waals surface area contributed by atoms with Crippen LogP contribution < -0.4 is 0 Å². The van der Waals surface area contributed by atoms with E-state index in [1.54, 1.807) is 11.8 Å². The molecule has 0 aromatic rings. The van der Waals surface area contributed by atoms with Gasteiger partial charge in [-0.1, -0.05) is 0 Å². The van der Waals surface area contributed by atoms with Crippen LogP contribution in [0.5, 0.6) is 0 Å². The molecule has 0 spiro atoms. The SMILES string of the molecule is CCOC(=O)C1CCC(O)(CSC2COC2)CC1. The first-order valence-corrected chi connectivity index (χ1v) is 7.76. The third-order valence-corrected chi connectivity index (χ3v) is 5.18. The fourth-order valence-corrected chi connectivity index (χ4v) is 3.60. The Morgan fingerprint density at radius 3 is 2.61 bits per heavy atom. The summed E-state index contributed by atoms with van der Waals surface area (Å²) in [6.45, 7) is 3.89. The van der Waals surface area contributed by atoms with E-state index in [0.29, 0.717) is 24.7 Å². The largest absolute Gasteiger partial charge is 0.466 e. The standard InChI is InChI=1S/C13H22O4S/c1-2-17-12(14)10-3-5-13(15,6-4-10)9-18-11-7-16-8-11/h10-11,15H,2-9H2,1H3. The maximum absolute atomic E-state index is 11.6. The van der Waals surface area contributed by atoms with Crippen molar-refractivity contribution in [3.8, 4) is 0 Å². The first kappa shape index (κ1) is 14.2. The van der Waals surface area contributed by atoms with Crippen molar-refractivity contribution in [1.82, 2.24) is 0 Å². The van der Waals surface area contributed by atoms with Gasteiger partial charge in [0.05, 0.1) is 36.6 Å². The molecule has 1 heterocycles. The third-order valence-electron chi connectivity index (χ3n) is 3.73. The molecule has 1 N–H and O–H groups in total. The second-order valence-corrected chi connectivity index (χ2v) is 6.51. The normalized spacial score (nSPS) is 32.9. The minimum absolute atomic E-state index is 0.0118. The van der Waals surface area contributed by atoms with Crippen molar-refractivity contribution in [3.63, 3.8) is 0 Å². The van der Waals surface area contributed by atoms with Crippen LogP contribution >= 0.6 is 11.8 Å². The zero-order valence-electron chi connectivity index (χ0n) is 10.9. The molecule has 1 aliphatic carbocycles. The predicted molar refractivity (Wildman–Crippen MR) is 70.6 cm³/mol. The van der Waals surface area contributed by atoms with Gasteiger partial charge in [-0.25, -0.2) is 0 Å². The molecule has 0 atom stereocenters. The topological polar surface area (TPSA) is 55.8 Å². The van der Waals surface area contributed by atoms with E-state index in [4.69, 9.17) is 9.47 Å². The van der Waals surface area contributed by atoms with Crippen LogP contribution in [0.1, 0.15) is 32.6 Å². The molecule has 1 aliphatic heterocycles. The number of carbonyl (C=O) groups excluding carboxylic acids is 1. The van der Waals surface area contributed by atoms with Gasteiger partial charge in [0.25, 0.3) is 0 Å². The van der Waals surface area contributed by atoms with Crippen LogP contribution in [-0.4, -0.2) is 47.5 Å². The maximum atomic E-state index is 11.6. The Bertz CT molecular complexity index is 283. The van der Waals surface area contributed by atoms with E-state index in [2.05, 4.69) is 0 Å². The number of hydrogen-bond donors (Lipinski definition) is 1. The molecular formula is C13H22O4S. The zero-order valence-corrected chi connectivity index (χ0v) is 11.7. The minimum Gasteiger partial charge on any atom is -0.466 e. The van der Waals surface area contributed by atoms with Crippen LogP contribution in [0.15, 0.2) is 0 Å². The fraction of sp³-hybridized carbons (Fsp3) is 0.923. The molecule has 4 nitrogen and oxygen atoms in total. The van der Waals surface area contributed by atoms with Crippen LogP contribution in [0.25, 0.3) is 0 Å². The lowest BCUT2D eigenvalue weighted by Crippen LogP contribution is -2.41. The van der Waals surface area contributed by atoms with E-state index in [1.807, 2.05) is 6.92 Å². The van der Waals surface area contributed by atoms with Gasteiger partial charge < -0.3 is 14.6 Å². The number of aliphatic hydroxyl groups is 1. The van der Waals surface area contributed by atoms with Gasteiger partial charge in [-0.15, -0.1) is 0 Å². The third kappa shape index (κ3) is 3.62. The summed E-state index contributed by atoms with van der Waals surface area (Å²) in [5.74, 6) is 0.651. The molecule has 0 bridgehead atoms. The highest BCUT2D eigenvalue weighted by Gasteiger charge is 2.37. The van der Waals surface area contributed by atoms with Crippen LogP contribution in [0.4, 0.5) is 0 Å². The van der Waals surface area contributed by atoms with Crippen molar-refractivity contribution in [2.24, 2.45) is 5.92 Å². The Balaban J connectivity index is 1.71. The predicted octanol–water partition coefficient (Wildman–Crippen LogP) is 1.60. The van der Waals surface area contributed by atoms with Crippen molar-refractivity contribution < 1.29 is 19.4 Å². The number of ether oxygens (including phenoxy) is 2. The summed E-state index contributed by atoms with van der Waals surface area (Å²) in [5, 5.41) is 11.0. The molecule has 5 heteroatoms. The smallest absolute Gasteiger partial charge is 0.308 e. The van der Waals surface area contributed by atoms with E-state index in [0.717, 1.165) is 31.8 Å². The summed E-state index contributed by atoms with van der Waals surface area (Å²) in [6, 6.07) is 0. The Morgan fingerprint density at radius 1 is 1.44 bits per heavy atom. The second kappa shape index (κ2) is 6.26. The average Bonchev–Trinajstić information content (AvgIpc) is 2.28. The quantitative estimate of drug-likeness (QED) is 0.772. The molecule has 18 heavy (non-hydrogen) atoms. The summed E-state index contributed by atoms with van der Waals surface area (Å²) in [7, 11) is 0. The molecule has 0 unspecified atom stereocenters. The van der Waals surface area contributed by atoms with Gasteiger partial charge >= 0.3 is 5.97 Å². The molecule has 2 aliphatic rings. The number of rotatable bonds is 5. The highest BCUT2D eigenvalue weighted by Crippen LogP contribution is 2.36. The van der Waals surface area contributed by atoms with Crippen LogP contribution in [0.3, 0.4) is 0 Å². The van der Waals surface area contributed by atoms with Crippen molar-refractivity contribution in [1.29, 1.82) is 0 Å². The molecule has 2 rings (SSSR count). The van der Waals surface area contributed by atoms with Gasteiger partial charge in [-0.05, 0) is 32.6 Å². The Morgan fingerprint density at radius 2 is 2.11 bits per heavy atom. The molecule has 0 amide bonds. The van der Waals surface area contributed by atoms with E-state index < -0.39 is 5.60 Å². The lowest BCUT2D eigenvalue weighted by atomic mass is 9.80. The summed E-state index contributed by atoms with van der Waals surface area (Å²) in [5.41, 5.74) is -0.594. The van der Waals surface area contributed by atoms with E-state index in [1.165, 1.54) is 0 Å². The first-order valence-electron chi connectivity index (χ1n) is 6.71. The molecule has 0 aromatic heterocycles. The Kier molecular flexibility index (Phi) is 4.92. The number of esters is 1. The van der Waals surface area contributed by atoms with Crippen molar-refractivity contribution in [2.45, 2.75) is 43.5 Å². The molecule has 2 fully saturated rings. The van der Waals surface area contributed by atoms with E-state index in [-0.39, 0.29) is 11.9 Å². The maximum Gasteiger partial charge on any atom is 0.308 e. The van der Waals surface area contributed by atoms with Gasteiger partial charge in [-0.2, -0.15) is 11.8 Å². The van der Waals surface area contributed by atoms with Gasteiger partial charge in [0.1, 0.15) is 0 Å². The monoisotopic (exact) mass is 274 g/mol. The second-order valence-electron chi connectivity index (χ2n) is 5.22. The van der Waals surface area contributed by atoms with Crippen molar-refractivity contribution in [2.75, 3.05) is 25.6 Å². The molecular weight excluding hydrogens is 252 g/mol. The van der Waals surface area contributed by atoms with Crippen molar-refractivity contribution in [3.05, 3.63) is 0 Å². The first-order chi connectivity index (χ1) is 8.63. The van der Waals surface area contributed by atoms with Crippen molar-refractivity contribution >= 4 is 17.7 Å². The molecule has 1 saturated carbocycles. The highest BCUT2D eigenvalue weighted by atomic mass is 32.2. The molecule has 0 aromatic carbocycles. The van der Waals surface area contributed by atoms with E-state index >= 15 is 0 Å². The van der Waals surface area contributed by atoms with Gasteiger partial charge in [0, 0.05) is 5.75 Å². The summed E-state index contributed by atoms with van der Waals surface area (Å²) in [4.78, 5) is 11.6. The van der Waals surface area contributed by atoms with Gasteiger partial charge in [-0.3, -0.25) is 4.79 Å². The Labute approximate surface area is 112 Å². The van der Waals surface area contributed by atoms with Crippen LogP contribution in [0.2, 0.25) is 0 Å². The lowest BCUT2D eigenvalue weighted by Gasteiger charge is -2.36. The summed E-state index contributed by atoms with van der Waals surface area (Å²) >= 11 is 1.80. The minimum atomic E-state index is -0.594. The summed E-state index contributed by atoms with van der Waals surface area (Å²) < 4.78 is 10.2. The lowest BCUT2D eigenvalue weighted by molar-refractivity contribution is -0.150. The fourth-order valence-electron chi connectivity index (χ4n) is 2.38. The number of thioether (sulfide) groups is 1. The zero-order chi connectivity index (χ0) is 13.0. The van der Waals surface area contributed by atoms with E-state index in [9.17, 15) is 9.90 Å². The molecule has 1 saturated heterocycles. The van der Waals surface area contributed by atoms with Crippen LogP contribution in [-0.2, 0) is 14.3 Å². The number of carbonyl (C=O) groups is 1. The Hall–Kier alpha value is -0.260. The summed E-state index contributed by atoms with van der Waals surface area (Å²) in [6.07, 6.45) is 2.90. The number of hydrogen-bond acceptors (Lipinski definition) is 5. The highest BCUT2D eigenvalue weighted by molar-refractivity contribution is 8.00. The molecule has 104 valence electrons.